The zero-order valence-corrected chi connectivity index (χ0v) is 8.63. The first-order chi connectivity index (χ1) is 7.04. The van der Waals surface area contributed by atoms with Crippen LogP contribution in [0.4, 0.5) is 8.78 Å². The molecule has 1 aromatic carbocycles. The van der Waals surface area contributed by atoms with Crippen molar-refractivity contribution >= 4 is 0 Å². The number of hydrogen-bond acceptors (Lipinski definition) is 1. The van der Waals surface area contributed by atoms with Crippen LogP contribution in [0.1, 0.15) is 17.5 Å². The quantitative estimate of drug-likeness (QED) is 0.761. The Morgan fingerprint density at radius 2 is 2.07 bits per heavy atom. The van der Waals surface area contributed by atoms with Crippen LogP contribution in [0.5, 0.6) is 0 Å². The molecule has 0 heterocycles. The normalized spacial score (nSPS) is 12.5. The maximum atomic E-state index is 13.3. The van der Waals surface area contributed by atoms with Crippen molar-refractivity contribution in [2.24, 2.45) is 0 Å². The third kappa shape index (κ3) is 3.13. The number of benzene rings is 1. The van der Waals surface area contributed by atoms with Gasteiger partial charge in [0, 0.05) is 12.5 Å². The van der Waals surface area contributed by atoms with Crippen molar-refractivity contribution in [1.29, 1.82) is 0 Å². The minimum absolute atomic E-state index is 0.180. The van der Waals surface area contributed by atoms with Crippen LogP contribution in [-0.2, 0) is 6.42 Å². The van der Waals surface area contributed by atoms with Crippen LogP contribution in [0.2, 0.25) is 0 Å². The van der Waals surface area contributed by atoms with E-state index in [-0.39, 0.29) is 6.42 Å². The Morgan fingerprint density at radius 3 is 2.67 bits per heavy atom. The zero-order chi connectivity index (χ0) is 11.4. The zero-order valence-electron chi connectivity index (χ0n) is 8.63. The molecule has 0 saturated heterocycles. The molecule has 1 nitrogen and oxygen atoms in total. The summed E-state index contributed by atoms with van der Waals surface area (Å²) in [5.41, 5.74) is 0.723. The number of rotatable bonds is 4. The lowest BCUT2D eigenvalue weighted by Crippen LogP contribution is -2.10. The molecule has 1 aromatic rings. The smallest absolute Gasteiger partial charge is 0.129 e. The van der Waals surface area contributed by atoms with Gasteiger partial charge in [-0.1, -0.05) is 12.1 Å². The van der Waals surface area contributed by atoms with Crippen LogP contribution < -0.4 is 0 Å². The molecule has 0 radical (unpaired) electrons. The van der Waals surface area contributed by atoms with E-state index in [1.165, 1.54) is 6.07 Å². The molecular weight excluding hydrogens is 198 g/mol. The highest BCUT2D eigenvalue weighted by molar-refractivity contribution is 5.26. The molecule has 0 aliphatic carbocycles. The minimum Gasteiger partial charge on any atom is -0.392 e. The number of aliphatic hydroxyl groups is 1. The molecule has 1 N–H and O–H groups in total. The van der Waals surface area contributed by atoms with Crippen LogP contribution >= 0.6 is 0 Å². The van der Waals surface area contributed by atoms with Crippen molar-refractivity contribution in [3.63, 3.8) is 0 Å². The molecular formula is C12H14F2O. The Kier molecular flexibility index (Phi) is 3.97. The van der Waals surface area contributed by atoms with E-state index < -0.39 is 17.7 Å². The first-order valence-electron chi connectivity index (χ1n) is 4.78. The van der Waals surface area contributed by atoms with Crippen molar-refractivity contribution in [1.82, 2.24) is 0 Å². The number of halogens is 2. The molecule has 0 saturated carbocycles. The van der Waals surface area contributed by atoms with E-state index >= 15 is 0 Å². The van der Waals surface area contributed by atoms with Gasteiger partial charge in [-0.15, -0.1) is 6.58 Å². The van der Waals surface area contributed by atoms with E-state index in [2.05, 4.69) is 6.58 Å². The molecule has 82 valence electrons. The predicted octanol–water partition coefficient (Wildman–Crippen LogP) is 2.75. The third-order valence-electron chi connectivity index (χ3n) is 2.22. The predicted molar refractivity (Wildman–Crippen MR) is 55.6 cm³/mol. The molecule has 0 spiro atoms. The summed E-state index contributed by atoms with van der Waals surface area (Å²) in [6.45, 7) is 5.05. The van der Waals surface area contributed by atoms with Gasteiger partial charge in [0.1, 0.15) is 11.6 Å². The second-order valence-corrected chi connectivity index (χ2v) is 3.58. The first-order valence-corrected chi connectivity index (χ1v) is 4.78. The van der Waals surface area contributed by atoms with Crippen LogP contribution in [0.15, 0.2) is 24.8 Å². The van der Waals surface area contributed by atoms with E-state index in [0.717, 1.165) is 6.07 Å². The maximum Gasteiger partial charge on any atom is 0.129 e. The van der Waals surface area contributed by atoms with Crippen LogP contribution in [0.25, 0.3) is 0 Å². The molecule has 1 unspecified atom stereocenters. The van der Waals surface area contributed by atoms with Crippen molar-refractivity contribution in [2.45, 2.75) is 25.9 Å². The van der Waals surface area contributed by atoms with E-state index in [4.69, 9.17) is 0 Å². The fraction of sp³-hybridized carbons (Fsp3) is 0.333. The highest BCUT2D eigenvalue weighted by Gasteiger charge is 2.10. The molecule has 0 amide bonds. The van der Waals surface area contributed by atoms with Gasteiger partial charge in [0.05, 0.1) is 6.10 Å². The molecule has 0 aliphatic heterocycles. The summed E-state index contributed by atoms with van der Waals surface area (Å²) in [5.74, 6) is -1.17. The Bertz CT molecular complexity index is 361. The molecule has 1 atom stereocenters. The van der Waals surface area contributed by atoms with E-state index in [1.54, 1.807) is 13.0 Å². The van der Waals surface area contributed by atoms with Crippen molar-refractivity contribution in [3.8, 4) is 0 Å². The standard InChI is InChI=1S/C12H14F2O/c1-3-4-10(15)6-9-5-8(2)11(13)7-12(9)14/h3,5,7,10,15H,1,4,6H2,2H3. The lowest BCUT2D eigenvalue weighted by atomic mass is 10.0. The molecule has 0 bridgehead atoms. The second-order valence-electron chi connectivity index (χ2n) is 3.58. The van der Waals surface area contributed by atoms with Crippen LogP contribution in [0.3, 0.4) is 0 Å². The monoisotopic (exact) mass is 212 g/mol. The van der Waals surface area contributed by atoms with E-state index in [9.17, 15) is 13.9 Å². The average molecular weight is 212 g/mol. The topological polar surface area (TPSA) is 20.2 Å². The van der Waals surface area contributed by atoms with Gasteiger partial charge in [0.15, 0.2) is 0 Å². The highest BCUT2D eigenvalue weighted by atomic mass is 19.1. The van der Waals surface area contributed by atoms with Gasteiger partial charge >= 0.3 is 0 Å². The summed E-state index contributed by atoms with van der Waals surface area (Å²) in [5, 5.41) is 9.46. The molecule has 15 heavy (non-hydrogen) atoms. The SMILES string of the molecule is C=CCC(O)Cc1cc(C)c(F)cc1F. The summed E-state index contributed by atoms with van der Waals surface area (Å²) >= 11 is 0. The average Bonchev–Trinajstić information content (AvgIpc) is 2.14. The maximum absolute atomic E-state index is 13.3. The Balaban J connectivity index is 2.85. The van der Waals surface area contributed by atoms with Crippen LogP contribution in [0, 0.1) is 18.6 Å². The second kappa shape index (κ2) is 5.03. The van der Waals surface area contributed by atoms with Gasteiger partial charge in [0.25, 0.3) is 0 Å². The van der Waals surface area contributed by atoms with Gasteiger partial charge in [0.2, 0.25) is 0 Å². The molecule has 3 heteroatoms. The molecule has 0 fully saturated rings. The summed E-state index contributed by atoms with van der Waals surface area (Å²) in [4.78, 5) is 0. The number of hydrogen-bond donors (Lipinski definition) is 1. The molecule has 1 rings (SSSR count). The van der Waals surface area contributed by atoms with Crippen molar-refractivity contribution in [3.05, 3.63) is 47.5 Å². The fourth-order valence-corrected chi connectivity index (χ4v) is 1.40. The summed E-state index contributed by atoms with van der Waals surface area (Å²) in [6.07, 6.45) is 1.48. The molecule has 0 aromatic heterocycles. The van der Waals surface area contributed by atoms with E-state index in [0.29, 0.717) is 17.5 Å². The van der Waals surface area contributed by atoms with Gasteiger partial charge < -0.3 is 5.11 Å². The summed E-state index contributed by atoms with van der Waals surface area (Å²) in [7, 11) is 0. The molecule has 0 aliphatic rings. The summed E-state index contributed by atoms with van der Waals surface area (Å²) in [6, 6.07) is 2.28. The Morgan fingerprint density at radius 1 is 1.40 bits per heavy atom. The van der Waals surface area contributed by atoms with Gasteiger partial charge in [-0.25, -0.2) is 8.78 Å². The Labute approximate surface area is 88.1 Å². The number of aryl methyl sites for hydroxylation is 1. The van der Waals surface area contributed by atoms with Crippen LogP contribution in [-0.4, -0.2) is 11.2 Å². The number of aliphatic hydroxyl groups excluding tert-OH is 1. The van der Waals surface area contributed by atoms with Gasteiger partial charge in [-0.05, 0) is 24.5 Å². The first kappa shape index (κ1) is 11.9. The van der Waals surface area contributed by atoms with Gasteiger partial charge in [-0.2, -0.15) is 0 Å². The highest BCUT2D eigenvalue weighted by Crippen LogP contribution is 2.16. The lowest BCUT2D eigenvalue weighted by molar-refractivity contribution is 0.177. The van der Waals surface area contributed by atoms with Crippen molar-refractivity contribution in [2.75, 3.05) is 0 Å². The fourth-order valence-electron chi connectivity index (χ4n) is 1.40. The third-order valence-corrected chi connectivity index (χ3v) is 2.22. The minimum atomic E-state index is -0.665. The van der Waals surface area contributed by atoms with Crippen molar-refractivity contribution < 1.29 is 13.9 Å². The van der Waals surface area contributed by atoms with E-state index in [1.807, 2.05) is 0 Å². The summed E-state index contributed by atoms with van der Waals surface area (Å²) < 4.78 is 26.2. The largest absolute Gasteiger partial charge is 0.392 e. The Hall–Kier alpha value is -1.22. The lowest BCUT2D eigenvalue weighted by Gasteiger charge is -2.10. The van der Waals surface area contributed by atoms with Gasteiger partial charge in [-0.3, -0.25) is 0 Å².